The lowest BCUT2D eigenvalue weighted by Crippen LogP contribution is -2.48. The van der Waals surface area contributed by atoms with Gasteiger partial charge in [-0.25, -0.2) is 4.68 Å². The third-order valence-corrected chi connectivity index (χ3v) is 5.11. The summed E-state index contributed by atoms with van der Waals surface area (Å²) in [7, 11) is 0. The summed E-state index contributed by atoms with van der Waals surface area (Å²) < 4.78 is 1.81. The quantitative estimate of drug-likeness (QED) is 0.763. The van der Waals surface area contributed by atoms with Gasteiger partial charge in [0.25, 0.3) is 0 Å². The van der Waals surface area contributed by atoms with Crippen molar-refractivity contribution < 1.29 is 5.11 Å². The molecule has 0 bridgehead atoms. The molecule has 24 heavy (non-hydrogen) atoms. The molecule has 0 spiro atoms. The van der Waals surface area contributed by atoms with E-state index >= 15 is 0 Å². The van der Waals surface area contributed by atoms with Crippen molar-refractivity contribution >= 4 is 22.6 Å². The van der Waals surface area contributed by atoms with Gasteiger partial charge in [-0.3, -0.25) is 0 Å². The first-order valence-electron chi connectivity index (χ1n) is 7.99. The van der Waals surface area contributed by atoms with Gasteiger partial charge < -0.3 is 5.11 Å². The molecular formula is C19H22ClN3O. The molecule has 0 amide bonds. The average molecular weight is 344 g/mol. The Labute approximate surface area is 147 Å². The van der Waals surface area contributed by atoms with Crippen LogP contribution in [0.25, 0.3) is 11.0 Å². The summed E-state index contributed by atoms with van der Waals surface area (Å²) in [6.45, 7) is 7.92. The van der Waals surface area contributed by atoms with E-state index in [1.165, 1.54) is 0 Å². The summed E-state index contributed by atoms with van der Waals surface area (Å²) in [5.41, 5.74) is 1.21. The Bertz CT molecular complexity index is 847. The third kappa shape index (κ3) is 2.80. The normalized spacial score (nSPS) is 16.1. The Morgan fingerprint density at radius 2 is 1.62 bits per heavy atom. The summed E-state index contributed by atoms with van der Waals surface area (Å²) in [5, 5.41) is 20.7. The zero-order chi connectivity index (χ0) is 17.5. The van der Waals surface area contributed by atoms with Crippen LogP contribution in [0.4, 0.5) is 0 Å². The lowest BCUT2D eigenvalue weighted by molar-refractivity contribution is -0.0738. The first-order valence-corrected chi connectivity index (χ1v) is 8.37. The maximum absolute atomic E-state index is 11.4. The van der Waals surface area contributed by atoms with Crippen LogP contribution >= 0.6 is 11.6 Å². The number of benzene rings is 2. The third-order valence-electron chi connectivity index (χ3n) is 4.86. The van der Waals surface area contributed by atoms with Crippen molar-refractivity contribution in [3.63, 3.8) is 0 Å². The van der Waals surface area contributed by atoms with Gasteiger partial charge in [-0.1, -0.05) is 61.9 Å². The molecule has 0 aliphatic carbocycles. The molecule has 5 heteroatoms. The zero-order valence-electron chi connectivity index (χ0n) is 14.4. The fraction of sp³-hybridized carbons (Fsp3) is 0.368. The molecule has 0 aliphatic rings. The highest BCUT2D eigenvalue weighted by Gasteiger charge is 2.45. The van der Waals surface area contributed by atoms with Crippen LogP contribution in [0.1, 0.15) is 39.3 Å². The van der Waals surface area contributed by atoms with E-state index in [9.17, 15) is 5.11 Å². The minimum Gasteiger partial charge on any atom is -0.387 e. The van der Waals surface area contributed by atoms with Crippen LogP contribution in [-0.4, -0.2) is 25.7 Å². The number of halogens is 1. The molecule has 2 aromatic carbocycles. The van der Waals surface area contributed by atoms with E-state index in [4.69, 9.17) is 11.6 Å². The largest absolute Gasteiger partial charge is 0.387 e. The van der Waals surface area contributed by atoms with Crippen molar-refractivity contribution in [2.45, 2.75) is 39.3 Å². The molecule has 2 atom stereocenters. The molecule has 3 rings (SSSR count). The van der Waals surface area contributed by atoms with Gasteiger partial charge in [0.05, 0.1) is 11.1 Å². The van der Waals surface area contributed by atoms with Gasteiger partial charge in [0.2, 0.25) is 0 Å². The zero-order valence-corrected chi connectivity index (χ0v) is 15.1. The highest BCUT2D eigenvalue weighted by molar-refractivity contribution is 6.30. The van der Waals surface area contributed by atoms with E-state index in [1.807, 2.05) is 80.9 Å². The molecule has 126 valence electrons. The summed E-state index contributed by atoms with van der Waals surface area (Å²) >= 11 is 6.04. The van der Waals surface area contributed by atoms with Crippen molar-refractivity contribution in [1.29, 1.82) is 0 Å². The topological polar surface area (TPSA) is 50.9 Å². The number of nitrogens with zero attached hydrogens (tertiary/aromatic N) is 3. The van der Waals surface area contributed by atoms with Crippen molar-refractivity contribution in [3.8, 4) is 0 Å². The summed E-state index contributed by atoms with van der Waals surface area (Å²) in [4.78, 5) is 0. The van der Waals surface area contributed by atoms with Crippen molar-refractivity contribution in [2.24, 2.45) is 5.41 Å². The number of aromatic nitrogens is 3. The average Bonchev–Trinajstić information content (AvgIpc) is 2.92. The molecule has 3 aromatic rings. The van der Waals surface area contributed by atoms with Gasteiger partial charge in [-0.05, 0) is 42.2 Å². The highest BCUT2D eigenvalue weighted by atomic mass is 35.5. The van der Waals surface area contributed by atoms with E-state index in [-0.39, 0.29) is 11.5 Å². The van der Waals surface area contributed by atoms with Crippen LogP contribution in [0.3, 0.4) is 0 Å². The SMILES string of the molecule is CC(C)(C)C(C)(O)C(c1ccc(Cl)cc1)n1nnc2ccccc21. The first kappa shape index (κ1) is 16.9. The van der Waals surface area contributed by atoms with Gasteiger partial charge in [0, 0.05) is 5.02 Å². The van der Waals surface area contributed by atoms with E-state index in [0.29, 0.717) is 5.02 Å². The van der Waals surface area contributed by atoms with Crippen LogP contribution < -0.4 is 0 Å². The van der Waals surface area contributed by atoms with Gasteiger partial charge in [-0.15, -0.1) is 5.10 Å². The molecule has 0 saturated heterocycles. The molecule has 0 radical (unpaired) electrons. The highest BCUT2D eigenvalue weighted by Crippen LogP contribution is 2.43. The van der Waals surface area contributed by atoms with Crippen LogP contribution in [0.5, 0.6) is 0 Å². The van der Waals surface area contributed by atoms with E-state index in [0.717, 1.165) is 16.6 Å². The molecule has 0 saturated carbocycles. The minimum atomic E-state index is -1.06. The standard InChI is InChI=1S/C19H22ClN3O/c1-18(2,3)19(4,24)17(13-9-11-14(20)12-10-13)23-16-8-6-5-7-15(16)21-22-23/h5-12,17,24H,1-4H3. The van der Waals surface area contributed by atoms with Gasteiger partial charge in [0.1, 0.15) is 11.6 Å². The molecule has 0 fully saturated rings. The number of hydrogen-bond donors (Lipinski definition) is 1. The van der Waals surface area contributed by atoms with Crippen LogP contribution in [-0.2, 0) is 0 Å². The number of fused-ring (bicyclic) bond motifs is 1. The summed E-state index contributed by atoms with van der Waals surface area (Å²) in [6.07, 6.45) is 0. The molecular weight excluding hydrogens is 322 g/mol. The number of aliphatic hydroxyl groups is 1. The van der Waals surface area contributed by atoms with Gasteiger partial charge in [0.15, 0.2) is 0 Å². The maximum Gasteiger partial charge on any atom is 0.113 e. The van der Waals surface area contributed by atoms with Crippen LogP contribution in [0, 0.1) is 5.41 Å². The molecule has 4 nitrogen and oxygen atoms in total. The Hall–Kier alpha value is -1.91. The van der Waals surface area contributed by atoms with E-state index in [1.54, 1.807) is 0 Å². The first-order chi connectivity index (χ1) is 11.2. The summed E-state index contributed by atoms with van der Waals surface area (Å²) in [5.74, 6) is 0. The molecule has 1 N–H and O–H groups in total. The van der Waals surface area contributed by atoms with Crippen LogP contribution in [0.15, 0.2) is 48.5 Å². The molecule has 1 heterocycles. The Morgan fingerprint density at radius 1 is 1.00 bits per heavy atom. The molecule has 0 aliphatic heterocycles. The Balaban J connectivity index is 2.24. The Morgan fingerprint density at radius 3 is 2.25 bits per heavy atom. The minimum absolute atomic E-state index is 0.371. The fourth-order valence-electron chi connectivity index (χ4n) is 2.84. The second-order valence-corrected chi connectivity index (χ2v) is 7.81. The van der Waals surface area contributed by atoms with Crippen molar-refractivity contribution in [2.75, 3.05) is 0 Å². The number of hydrogen-bond acceptors (Lipinski definition) is 3. The van der Waals surface area contributed by atoms with E-state index < -0.39 is 5.60 Å². The lowest BCUT2D eigenvalue weighted by atomic mass is 9.71. The maximum atomic E-state index is 11.4. The second kappa shape index (κ2) is 5.87. The second-order valence-electron chi connectivity index (χ2n) is 7.37. The van der Waals surface area contributed by atoms with Gasteiger partial charge in [-0.2, -0.15) is 0 Å². The smallest absolute Gasteiger partial charge is 0.113 e. The van der Waals surface area contributed by atoms with Gasteiger partial charge >= 0.3 is 0 Å². The molecule has 2 unspecified atom stereocenters. The number of rotatable bonds is 3. The van der Waals surface area contributed by atoms with Crippen molar-refractivity contribution in [1.82, 2.24) is 15.0 Å². The number of para-hydroxylation sites is 1. The summed E-state index contributed by atoms with van der Waals surface area (Å²) in [6, 6.07) is 14.9. The fourth-order valence-corrected chi connectivity index (χ4v) is 2.96. The monoisotopic (exact) mass is 343 g/mol. The van der Waals surface area contributed by atoms with Crippen LogP contribution in [0.2, 0.25) is 5.02 Å². The van der Waals surface area contributed by atoms with E-state index in [2.05, 4.69) is 10.3 Å². The molecule has 1 aromatic heterocycles. The Kier molecular flexibility index (Phi) is 4.14. The lowest BCUT2D eigenvalue weighted by Gasteiger charge is -2.43. The van der Waals surface area contributed by atoms with Crippen molar-refractivity contribution in [3.05, 3.63) is 59.1 Å². The predicted molar refractivity (Wildman–Crippen MR) is 97.2 cm³/mol. The predicted octanol–water partition coefficient (Wildman–Crippen LogP) is 4.47.